The van der Waals surface area contributed by atoms with Gasteiger partial charge in [-0.05, 0) is 52.8 Å². The molecule has 1 amide bonds. The fourth-order valence-corrected chi connectivity index (χ4v) is 2.94. The van der Waals surface area contributed by atoms with Crippen LogP contribution in [0.25, 0.3) is 10.9 Å². The first-order valence-corrected chi connectivity index (χ1v) is 8.68. The quantitative estimate of drug-likeness (QED) is 0.840. The number of carbonyl (C=O) groups is 1. The molecule has 0 unspecified atom stereocenters. The van der Waals surface area contributed by atoms with E-state index >= 15 is 0 Å². The molecule has 0 aliphatic heterocycles. The standard InChI is InChI=1S/C18H23BrN2O3/c1-11(2)21-13(10-20-17(23)24-18(3,4)5)9-16(22)14-7-6-12(19)8-15(14)21/h6-9,11H,10H2,1-5H3,(H,20,23). The van der Waals surface area contributed by atoms with E-state index in [1.165, 1.54) is 0 Å². The number of hydrogen-bond acceptors (Lipinski definition) is 3. The van der Waals surface area contributed by atoms with Crippen molar-refractivity contribution in [1.82, 2.24) is 9.88 Å². The van der Waals surface area contributed by atoms with Crippen LogP contribution < -0.4 is 10.7 Å². The number of rotatable bonds is 3. The minimum Gasteiger partial charge on any atom is -0.444 e. The number of alkyl carbamates (subject to hydrolysis) is 1. The number of hydrogen-bond donors (Lipinski definition) is 1. The van der Waals surface area contributed by atoms with E-state index in [0.29, 0.717) is 5.39 Å². The first kappa shape index (κ1) is 18.5. The first-order valence-electron chi connectivity index (χ1n) is 7.89. The Balaban J connectivity index is 2.41. The molecule has 1 aromatic carbocycles. The largest absolute Gasteiger partial charge is 0.444 e. The van der Waals surface area contributed by atoms with Crippen molar-refractivity contribution in [1.29, 1.82) is 0 Å². The van der Waals surface area contributed by atoms with Crippen molar-refractivity contribution >= 4 is 32.9 Å². The molecule has 0 atom stereocenters. The molecule has 1 heterocycles. The van der Waals surface area contributed by atoms with Crippen molar-refractivity contribution < 1.29 is 9.53 Å². The summed E-state index contributed by atoms with van der Waals surface area (Å²) in [5, 5.41) is 3.38. The summed E-state index contributed by atoms with van der Waals surface area (Å²) in [6, 6.07) is 7.30. The molecule has 1 N–H and O–H groups in total. The van der Waals surface area contributed by atoms with Gasteiger partial charge < -0.3 is 14.6 Å². The number of fused-ring (bicyclic) bond motifs is 1. The summed E-state index contributed by atoms with van der Waals surface area (Å²) >= 11 is 3.45. The molecule has 5 nitrogen and oxygen atoms in total. The number of nitrogens with zero attached hydrogens (tertiary/aromatic N) is 1. The number of carbonyl (C=O) groups excluding carboxylic acids is 1. The normalized spacial score (nSPS) is 11.8. The summed E-state index contributed by atoms with van der Waals surface area (Å²) < 4.78 is 8.21. The van der Waals surface area contributed by atoms with Gasteiger partial charge in [-0.3, -0.25) is 4.79 Å². The van der Waals surface area contributed by atoms with Gasteiger partial charge in [0.1, 0.15) is 5.60 Å². The summed E-state index contributed by atoms with van der Waals surface area (Å²) in [6.07, 6.45) is -0.500. The minimum atomic E-state index is -0.559. The molecule has 0 saturated heterocycles. The number of benzene rings is 1. The van der Waals surface area contributed by atoms with E-state index in [1.807, 2.05) is 52.8 Å². The van der Waals surface area contributed by atoms with Crippen LogP contribution in [0.2, 0.25) is 0 Å². The molecule has 0 aliphatic rings. The number of amides is 1. The highest BCUT2D eigenvalue weighted by Crippen LogP contribution is 2.22. The Hall–Kier alpha value is -1.82. The van der Waals surface area contributed by atoms with Gasteiger partial charge in [-0.15, -0.1) is 0 Å². The third-order valence-corrected chi connectivity index (χ3v) is 3.91. The first-order chi connectivity index (χ1) is 11.1. The van der Waals surface area contributed by atoms with Crippen molar-refractivity contribution in [3.63, 3.8) is 0 Å². The van der Waals surface area contributed by atoms with Crippen LogP contribution in [0.5, 0.6) is 0 Å². The van der Waals surface area contributed by atoms with Gasteiger partial charge in [0.2, 0.25) is 0 Å². The van der Waals surface area contributed by atoms with Crippen LogP contribution in [0.3, 0.4) is 0 Å². The third kappa shape index (κ3) is 4.38. The second-order valence-corrected chi connectivity index (χ2v) is 7.90. The zero-order chi connectivity index (χ0) is 18.1. The van der Waals surface area contributed by atoms with Crippen LogP contribution in [0.15, 0.2) is 33.5 Å². The van der Waals surface area contributed by atoms with E-state index in [2.05, 4.69) is 25.8 Å². The van der Waals surface area contributed by atoms with Crippen molar-refractivity contribution in [2.24, 2.45) is 0 Å². The van der Waals surface area contributed by atoms with E-state index in [1.54, 1.807) is 6.07 Å². The van der Waals surface area contributed by atoms with Gasteiger partial charge in [0.15, 0.2) is 5.43 Å². The lowest BCUT2D eigenvalue weighted by atomic mass is 10.1. The summed E-state index contributed by atoms with van der Waals surface area (Å²) in [5.74, 6) is 0. The lowest BCUT2D eigenvalue weighted by Crippen LogP contribution is -2.33. The maximum Gasteiger partial charge on any atom is 0.407 e. The molecule has 2 rings (SSSR count). The lowest BCUT2D eigenvalue weighted by Gasteiger charge is -2.22. The fourth-order valence-electron chi connectivity index (χ4n) is 2.59. The maximum atomic E-state index is 12.4. The Bertz CT molecular complexity index is 819. The van der Waals surface area contributed by atoms with Gasteiger partial charge in [-0.1, -0.05) is 15.9 Å². The monoisotopic (exact) mass is 394 g/mol. The average molecular weight is 395 g/mol. The van der Waals surface area contributed by atoms with Gasteiger partial charge in [0.25, 0.3) is 0 Å². The number of ether oxygens (including phenoxy) is 1. The second kappa shape index (κ2) is 6.97. The van der Waals surface area contributed by atoms with Crippen LogP contribution in [-0.4, -0.2) is 16.3 Å². The highest BCUT2D eigenvalue weighted by Gasteiger charge is 2.17. The summed E-state index contributed by atoms with van der Waals surface area (Å²) in [5.41, 5.74) is 0.963. The molecular formula is C18H23BrN2O3. The van der Waals surface area contributed by atoms with Crippen LogP contribution in [0, 0.1) is 0 Å². The number of aromatic nitrogens is 1. The Labute approximate surface area is 150 Å². The zero-order valence-electron chi connectivity index (χ0n) is 14.6. The fraction of sp³-hybridized carbons (Fsp3) is 0.444. The van der Waals surface area contributed by atoms with Crippen LogP contribution >= 0.6 is 15.9 Å². The smallest absolute Gasteiger partial charge is 0.407 e. The van der Waals surface area contributed by atoms with Gasteiger partial charge in [0, 0.05) is 27.7 Å². The van der Waals surface area contributed by atoms with E-state index in [0.717, 1.165) is 15.7 Å². The molecule has 0 bridgehead atoms. The van der Waals surface area contributed by atoms with Crippen molar-refractivity contribution in [3.05, 3.63) is 44.7 Å². The van der Waals surface area contributed by atoms with Gasteiger partial charge in [-0.2, -0.15) is 0 Å². The molecule has 1 aromatic heterocycles. The number of nitrogens with one attached hydrogen (secondary N) is 1. The molecule has 0 saturated carbocycles. The highest BCUT2D eigenvalue weighted by molar-refractivity contribution is 9.10. The Morgan fingerprint density at radius 2 is 1.96 bits per heavy atom. The van der Waals surface area contributed by atoms with E-state index in [4.69, 9.17) is 4.74 Å². The molecule has 130 valence electrons. The number of pyridine rings is 1. The molecule has 0 fully saturated rings. The zero-order valence-corrected chi connectivity index (χ0v) is 16.2. The summed E-state index contributed by atoms with van der Waals surface area (Å²) in [4.78, 5) is 24.3. The molecule has 24 heavy (non-hydrogen) atoms. The maximum absolute atomic E-state index is 12.4. The van der Waals surface area contributed by atoms with Crippen LogP contribution in [0.4, 0.5) is 4.79 Å². The van der Waals surface area contributed by atoms with Gasteiger partial charge >= 0.3 is 6.09 Å². The van der Waals surface area contributed by atoms with Crippen molar-refractivity contribution in [3.8, 4) is 0 Å². The highest BCUT2D eigenvalue weighted by atomic mass is 79.9. The Morgan fingerprint density at radius 1 is 1.29 bits per heavy atom. The third-order valence-electron chi connectivity index (χ3n) is 3.42. The summed E-state index contributed by atoms with van der Waals surface area (Å²) in [6.45, 7) is 9.74. The predicted molar refractivity (Wildman–Crippen MR) is 99.4 cm³/mol. The molecule has 0 spiro atoms. The molecular weight excluding hydrogens is 372 g/mol. The Kier molecular flexibility index (Phi) is 5.38. The van der Waals surface area contributed by atoms with Crippen LogP contribution in [-0.2, 0) is 11.3 Å². The number of halogens is 1. The van der Waals surface area contributed by atoms with E-state index in [-0.39, 0.29) is 18.0 Å². The topological polar surface area (TPSA) is 60.3 Å². The van der Waals surface area contributed by atoms with E-state index in [9.17, 15) is 9.59 Å². The summed E-state index contributed by atoms with van der Waals surface area (Å²) in [7, 11) is 0. The molecule has 0 radical (unpaired) electrons. The van der Waals surface area contributed by atoms with Crippen molar-refractivity contribution in [2.45, 2.75) is 52.8 Å². The van der Waals surface area contributed by atoms with E-state index < -0.39 is 11.7 Å². The predicted octanol–water partition coefficient (Wildman–Crippen LogP) is 4.37. The van der Waals surface area contributed by atoms with Crippen molar-refractivity contribution in [2.75, 3.05) is 0 Å². The Morgan fingerprint density at radius 3 is 2.54 bits per heavy atom. The second-order valence-electron chi connectivity index (χ2n) is 6.98. The SMILES string of the molecule is CC(C)n1c(CNC(=O)OC(C)(C)C)cc(=O)c2ccc(Br)cc21. The molecule has 2 aromatic rings. The van der Waals surface area contributed by atoms with Gasteiger partial charge in [0.05, 0.1) is 12.1 Å². The molecule has 0 aliphatic carbocycles. The molecule has 6 heteroatoms. The average Bonchev–Trinajstić information content (AvgIpc) is 2.42. The van der Waals surface area contributed by atoms with Gasteiger partial charge in [-0.25, -0.2) is 4.79 Å². The van der Waals surface area contributed by atoms with Crippen LogP contribution in [0.1, 0.15) is 46.4 Å². The lowest BCUT2D eigenvalue weighted by molar-refractivity contribution is 0.0522. The minimum absolute atomic E-state index is 0.0598.